The van der Waals surface area contributed by atoms with Gasteiger partial charge in [0, 0.05) is 44.6 Å². The molecular weight excluding hydrogens is 310 g/mol. The van der Waals surface area contributed by atoms with Crippen LogP contribution >= 0.6 is 0 Å². The van der Waals surface area contributed by atoms with Gasteiger partial charge in [-0.2, -0.15) is 0 Å². The van der Waals surface area contributed by atoms with E-state index in [1.165, 1.54) is 5.56 Å². The first-order valence-electron chi connectivity index (χ1n) is 8.84. The first-order valence-corrected chi connectivity index (χ1v) is 8.84. The molecule has 1 aromatic heterocycles. The molecule has 0 unspecified atom stereocenters. The van der Waals surface area contributed by atoms with Gasteiger partial charge in [0.15, 0.2) is 0 Å². The molecule has 1 fully saturated rings. The van der Waals surface area contributed by atoms with E-state index in [9.17, 15) is 4.79 Å². The third kappa shape index (κ3) is 5.26. The predicted molar refractivity (Wildman–Crippen MR) is 101 cm³/mol. The molecule has 25 heavy (non-hydrogen) atoms. The van der Waals surface area contributed by atoms with Crippen molar-refractivity contribution in [2.75, 3.05) is 32.7 Å². The average Bonchev–Trinajstić information content (AvgIpc) is 2.65. The highest BCUT2D eigenvalue weighted by molar-refractivity contribution is 5.78. The van der Waals surface area contributed by atoms with Gasteiger partial charge in [0.2, 0.25) is 5.91 Å². The highest BCUT2D eigenvalue weighted by atomic mass is 16.2. The molecule has 1 aliphatic heterocycles. The van der Waals surface area contributed by atoms with Crippen molar-refractivity contribution in [1.82, 2.24) is 14.8 Å². The van der Waals surface area contributed by atoms with Crippen molar-refractivity contribution in [3.05, 3.63) is 71.6 Å². The summed E-state index contributed by atoms with van der Waals surface area (Å²) >= 11 is 0. The molecule has 130 valence electrons. The molecule has 4 nitrogen and oxygen atoms in total. The van der Waals surface area contributed by atoms with Gasteiger partial charge in [0.05, 0.1) is 6.42 Å². The first kappa shape index (κ1) is 17.4. The Morgan fingerprint density at radius 2 is 1.84 bits per heavy atom. The molecule has 1 aromatic carbocycles. The van der Waals surface area contributed by atoms with Crippen molar-refractivity contribution < 1.29 is 4.79 Å². The summed E-state index contributed by atoms with van der Waals surface area (Å²) in [5, 5.41) is 0. The fraction of sp³-hybridized carbons (Fsp3) is 0.333. The summed E-state index contributed by atoms with van der Waals surface area (Å²) in [6.07, 6.45) is 6.60. The lowest BCUT2D eigenvalue weighted by Crippen LogP contribution is -2.49. The quantitative estimate of drug-likeness (QED) is 0.843. The normalized spacial score (nSPS) is 15.6. The van der Waals surface area contributed by atoms with Gasteiger partial charge in [0.1, 0.15) is 0 Å². The zero-order valence-electron chi connectivity index (χ0n) is 14.8. The Morgan fingerprint density at radius 1 is 1.08 bits per heavy atom. The van der Waals surface area contributed by atoms with E-state index in [4.69, 9.17) is 0 Å². The van der Waals surface area contributed by atoms with E-state index in [1.54, 1.807) is 6.20 Å². The second-order valence-electron chi connectivity index (χ2n) is 6.48. The van der Waals surface area contributed by atoms with E-state index in [0.717, 1.165) is 44.0 Å². The standard InChI is InChI=1S/C21H25N3O/c1-18-9-10-20(17-22-18)16-21(25)24-14-12-23(13-15-24)11-5-8-19-6-3-2-4-7-19/h2-10,17H,11-16H2,1H3/b8-5+. The minimum atomic E-state index is 0.199. The smallest absolute Gasteiger partial charge is 0.227 e. The number of amides is 1. The number of nitrogens with zero attached hydrogens (tertiary/aromatic N) is 3. The Hall–Kier alpha value is -2.46. The minimum Gasteiger partial charge on any atom is -0.340 e. The fourth-order valence-corrected chi connectivity index (χ4v) is 2.97. The van der Waals surface area contributed by atoms with Crippen LogP contribution in [0.2, 0.25) is 0 Å². The Kier molecular flexibility index (Phi) is 5.96. The third-order valence-electron chi connectivity index (χ3n) is 4.53. The maximum absolute atomic E-state index is 12.4. The highest BCUT2D eigenvalue weighted by Gasteiger charge is 2.20. The van der Waals surface area contributed by atoms with Gasteiger partial charge < -0.3 is 4.90 Å². The lowest BCUT2D eigenvalue weighted by molar-refractivity contribution is -0.132. The monoisotopic (exact) mass is 335 g/mol. The maximum Gasteiger partial charge on any atom is 0.227 e. The molecule has 0 atom stereocenters. The minimum absolute atomic E-state index is 0.199. The number of aromatic nitrogens is 1. The van der Waals surface area contributed by atoms with E-state index in [1.807, 2.05) is 42.2 Å². The van der Waals surface area contributed by atoms with Crippen molar-refractivity contribution in [3.8, 4) is 0 Å². The van der Waals surface area contributed by atoms with Crippen molar-refractivity contribution in [1.29, 1.82) is 0 Å². The van der Waals surface area contributed by atoms with Gasteiger partial charge in [-0.25, -0.2) is 0 Å². The zero-order chi connectivity index (χ0) is 17.5. The molecular formula is C21H25N3O. The Bertz CT molecular complexity index is 702. The summed E-state index contributed by atoms with van der Waals surface area (Å²) < 4.78 is 0. The second-order valence-corrected chi connectivity index (χ2v) is 6.48. The van der Waals surface area contributed by atoms with Crippen LogP contribution in [0.1, 0.15) is 16.8 Å². The topological polar surface area (TPSA) is 36.4 Å². The molecule has 1 saturated heterocycles. The number of hydrogen-bond donors (Lipinski definition) is 0. The van der Waals surface area contributed by atoms with Gasteiger partial charge >= 0.3 is 0 Å². The molecule has 3 rings (SSSR count). The summed E-state index contributed by atoms with van der Waals surface area (Å²) in [6, 6.07) is 14.3. The molecule has 0 aliphatic carbocycles. The number of carbonyl (C=O) groups excluding carboxylic acids is 1. The fourth-order valence-electron chi connectivity index (χ4n) is 2.97. The van der Waals surface area contributed by atoms with Crippen LogP contribution in [-0.4, -0.2) is 53.4 Å². The van der Waals surface area contributed by atoms with E-state index in [2.05, 4.69) is 34.2 Å². The zero-order valence-corrected chi connectivity index (χ0v) is 14.8. The van der Waals surface area contributed by atoms with Crippen LogP contribution in [0.4, 0.5) is 0 Å². The van der Waals surface area contributed by atoms with Crippen molar-refractivity contribution in [2.45, 2.75) is 13.3 Å². The molecule has 2 aromatic rings. The average molecular weight is 335 g/mol. The maximum atomic E-state index is 12.4. The van der Waals surface area contributed by atoms with Crippen LogP contribution in [0, 0.1) is 6.92 Å². The molecule has 0 spiro atoms. The van der Waals surface area contributed by atoms with E-state index in [0.29, 0.717) is 6.42 Å². The summed E-state index contributed by atoms with van der Waals surface area (Å²) in [7, 11) is 0. The predicted octanol–water partition coefficient (Wildman–Crippen LogP) is 2.79. The number of hydrogen-bond acceptors (Lipinski definition) is 3. The number of aryl methyl sites for hydroxylation is 1. The summed E-state index contributed by atoms with van der Waals surface area (Å²) in [5.74, 6) is 0.199. The number of rotatable bonds is 5. The van der Waals surface area contributed by atoms with E-state index < -0.39 is 0 Å². The van der Waals surface area contributed by atoms with Gasteiger partial charge in [-0.05, 0) is 24.1 Å². The number of benzene rings is 1. The second kappa shape index (κ2) is 8.58. The molecule has 4 heteroatoms. The molecule has 1 aliphatic rings. The van der Waals surface area contributed by atoms with Crippen LogP contribution in [0.5, 0.6) is 0 Å². The summed E-state index contributed by atoms with van der Waals surface area (Å²) in [5.41, 5.74) is 3.19. The van der Waals surface area contributed by atoms with E-state index >= 15 is 0 Å². The summed E-state index contributed by atoms with van der Waals surface area (Å²) in [4.78, 5) is 21.0. The first-order chi connectivity index (χ1) is 12.2. The largest absolute Gasteiger partial charge is 0.340 e. The molecule has 0 radical (unpaired) electrons. The molecule has 1 amide bonds. The molecule has 0 N–H and O–H groups in total. The Labute approximate surface area is 149 Å². The van der Waals surface area contributed by atoms with Crippen LogP contribution in [0.3, 0.4) is 0 Å². The molecule has 0 bridgehead atoms. The van der Waals surface area contributed by atoms with Crippen molar-refractivity contribution >= 4 is 12.0 Å². The Morgan fingerprint density at radius 3 is 2.52 bits per heavy atom. The SMILES string of the molecule is Cc1ccc(CC(=O)N2CCN(C/C=C/c3ccccc3)CC2)cn1. The van der Waals surface area contributed by atoms with Crippen LogP contribution in [0.15, 0.2) is 54.7 Å². The van der Waals surface area contributed by atoms with Crippen LogP contribution < -0.4 is 0 Å². The van der Waals surface area contributed by atoms with Crippen LogP contribution in [-0.2, 0) is 11.2 Å². The third-order valence-corrected chi connectivity index (χ3v) is 4.53. The van der Waals surface area contributed by atoms with Gasteiger partial charge in [0.25, 0.3) is 0 Å². The van der Waals surface area contributed by atoms with Crippen molar-refractivity contribution in [2.24, 2.45) is 0 Å². The van der Waals surface area contributed by atoms with Gasteiger partial charge in [-0.1, -0.05) is 48.6 Å². The lowest BCUT2D eigenvalue weighted by atomic mass is 10.1. The Balaban J connectivity index is 1.42. The summed E-state index contributed by atoms with van der Waals surface area (Å²) in [6.45, 7) is 6.35. The van der Waals surface area contributed by atoms with E-state index in [-0.39, 0.29) is 5.91 Å². The number of carbonyl (C=O) groups is 1. The molecule has 0 saturated carbocycles. The molecule has 2 heterocycles. The number of piperazine rings is 1. The number of pyridine rings is 1. The highest BCUT2D eigenvalue weighted by Crippen LogP contribution is 2.08. The van der Waals surface area contributed by atoms with Gasteiger partial charge in [-0.15, -0.1) is 0 Å². The van der Waals surface area contributed by atoms with Gasteiger partial charge in [-0.3, -0.25) is 14.7 Å². The van der Waals surface area contributed by atoms with Crippen molar-refractivity contribution in [3.63, 3.8) is 0 Å². The van der Waals surface area contributed by atoms with Crippen LogP contribution in [0.25, 0.3) is 6.08 Å². The lowest BCUT2D eigenvalue weighted by Gasteiger charge is -2.34.